The van der Waals surface area contributed by atoms with Gasteiger partial charge in [0.1, 0.15) is 0 Å². The van der Waals surface area contributed by atoms with E-state index in [1.165, 1.54) is 0 Å². The lowest BCUT2D eigenvalue weighted by atomic mass is 9.79. The predicted molar refractivity (Wildman–Crippen MR) is 92.7 cm³/mol. The standard InChI is InChI=1S/C16H26BO5P/c1-7-19-23(18,20-8-2)14-12-10-9-11-13(14)17-21-15(3,4)16(5,6)22-17/h9-12H,7-8H2,1-6H3. The van der Waals surface area contributed by atoms with Crippen molar-refractivity contribution >= 4 is 25.5 Å². The summed E-state index contributed by atoms with van der Waals surface area (Å²) in [6, 6.07) is 7.29. The van der Waals surface area contributed by atoms with Crippen LogP contribution in [0.2, 0.25) is 0 Å². The molecule has 1 aromatic carbocycles. The molecule has 1 saturated heterocycles. The molecular weight excluding hydrogens is 314 g/mol. The maximum atomic E-state index is 13.2. The summed E-state index contributed by atoms with van der Waals surface area (Å²) < 4.78 is 36.3. The molecule has 1 aromatic rings. The van der Waals surface area contributed by atoms with Crippen LogP contribution in [0.4, 0.5) is 0 Å². The number of rotatable bonds is 6. The molecule has 0 unspecified atom stereocenters. The van der Waals surface area contributed by atoms with Gasteiger partial charge in [-0.15, -0.1) is 0 Å². The Labute approximate surface area is 139 Å². The molecule has 5 nitrogen and oxygen atoms in total. The molecule has 128 valence electrons. The molecule has 23 heavy (non-hydrogen) atoms. The van der Waals surface area contributed by atoms with Crippen molar-refractivity contribution < 1.29 is 22.9 Å². The first-order valence-electron chi connectivity index (χ1n) is 8.01. The van der Waals surface area contributed by atoms with E-state index in [0.717, 1.165) is 0 Å². The quantitative estimate of drug-likeness (QED) is 0.589. The maximum absolute atomic E-state index is 13.2. The van der Waals surface area contributed by atoms with Crippen LogP contribution in [0.5, 0.6) is 0 Å². The average Bonchev–Trinajstić information content (AvgIpc) is 2.68. The summed E-state index contributed by atoms with van der Waals surface area (Å²) >= 11 is 0. The van der Waals surface area contributed by atoms with Gasteiger partial charge in [0.05, 0.1) is 29.7 Å². The third-order valence-electron chi connectivity index (χ3n) is 4.34. The van der Waals surface area contributed by atoms with Crippen LogP contribution in [-0.4, -0.2) is 31.5 Å². The van der Waals surface area contributed by atoms with E-state index in [2.05, 4.69) is 0 Å². The normalized spacial score (nSPS) is 20.0. The molecule has 0 aliphatic carbocycles. The molecule has 0 amide bonds. The van der Waals surface area contributed by atoms with E-state index in [1.54, 1.807) is 19.9 Å². The fourth-order valence-electron chi connectivity index (χ4n) is 2.42. The zero-order valence-corrected chi connectivity index (χ0v) is 15.7. The van der Waals surface area contributed by atoms with Gasteiger partial charge >= 0.3 is 14.7 Å². The number of hydrogen-bond acceptors (Lipinski definition) is 5. The van der Waals surface area contributed by atoms with Gasteiger partial charge in [-0.3, -0.25) is 4.57 Å². The van der Waals surface area contributed by atoms with Gasteiger partial charge in [-0.05, 0) is 53.1 Å². The minimum atomic E-state index is -3.41. The van der Waals surface area contributed by atoms with Crippen LogP contribution in [0, 0.1) is 0 Å². The monoisotopic (exact) mass is 340 g/mol. The van der Waals surface area contributed by atoms with Gasteiger partial charge in [0.15, 0.2) is 0 Å². The molecule has 0 radical (unpaired) electrons. The lowest BCUT2D eigenvalue weighted by Crippen LogP contribution is -2.43. The van der Waals surface area contributed by atoms with Crippen molar-refractivity contribution in [3.63, 3.8) is 0 Å². The van der Waals surface area contributed by atoms with Crippen LogP contribution in [0.25, 0.3) is 0 Å². The fourth-order valence-corrected chi connectivity index (χ4v) is 4.22. The van der Waals surface area contributed by atoms with Gasteiger partial charge in [0.25, 0.3) is 0 Å². The average molecular weight is 340 g/mol. The molecule has 1 heterocycles. The first-order chi connectivity index (χ1) is 10.7. The SMILES string of the molecule is CCOP(=O)(OCC)c1ccccc1B1OC(C)(C)C(C)(C)O1. The highest BCUT2D eigenvalue weighted by Crippen LogP contribution is 2.47. The second-order valence-electron chi connectivity index (χ2n) is 6.48. The zero-order valence-electron chi connectivity index (χ0n) is 14.8. The van der Waals surface area contributed by atoms with E-state index in [1.807, 2.05) is 45.9 Å². The molecule has 0 bridgehead atoms. The predicted octanol–water partition coefficient (Wildman–Crippen LogP) is 2.88. The van der Waals surface area contributed by atoms with Crippen LogP contribution >= 0.6 is 7.60 Å². The third-order valence-corrected chi connectivity index (χ3v) is 6.53. The minimum Gasteiger partial charge on any atom is -0.399 e. The summed E-state index contributed by atoms with van der Waals surface area (Å²) in [7, 11) is -4.01. The Hall–Kier alpha value is -0.645. The van der Waals surface area contributed by atoms with Crippen LogP contribution < -0.4 is 10.8 Å². The number of benzene rings is 1. The van der Waals surface area contributed by atoms with Gasteiger partial charge in [-0.2, -0.15) is 0 Å². The highest BCUT2D eigenvalue weighted by atomic mass is 31.2. The van der Waals surface area contributed by atoms with Crippen LogP contribution in [0.3, 0.4) is 0 Å². The lowest BCUT2D eigenvalue weighted by Gasteiger charge is -2.32. The molecule has 0 aromatic heterocycles. The fraction of sp³-hybridized carbons (Fsp3) is 0.625. The first-order valence-corrected chi connectivity index (χ1v) is 9.55. The summed E-state index contributed by atoms with van der Waals surface area (Å²) in [5, 5.41) is 0.502. The van der Waals surface area contributed by atoms with Crippen LogP contribution in [0.1, 0.15) is 41.5 Å². The van der Waals surface area contributed by atoms with Gasteiger partial charge in [0.2, 0.25) is 0 Å². The van der Waals surface area contributed by atoms with Gasteiger partial charge in [0, 0.05) is 0 Å². The molecule has 1 fully saturated rings. The van der Waals surface area contributed by atoms with E-state index in [4.69, 9.17) is 18.4 Å². The summed E-state index contributed by atoms with van der Waals surface area (Å²) in [5.41, 5.74) is -0.241. The van der Waals surface area contributed by atoms with Crippen molar-refractivity contribution in [3.05, 3.63) is 24.3 Å². The van der Waals surface area contributed by atoms with Crippen molar-refractivity contribution in [2.24, 2.45) is 0 Å². The Balaban J connectivity index is 2.45. The molecule has 7 heteroatoms. The van der Waals surface area contributed by atoms with E-state index < -0.39 is 25.9 Å². The smallest absolute Gasteiger partial charge is 0.399 e. The van der Waals surface area contributed by atoms with Crippen molar-refractivity contribution in [2.75, 3.05) is 13.2 Å². The van der Waals surface area contributed by atoms with E-state index in [0.29, 0.717) is 24.0 Å². The Morgan fingerprint density at radius 2 is 1.48 bits per heavy atom. The molecule has 0 saturated carbocycles. The molecule has 2 rings (SSSR count). The number of hydrogen-bond donors (Lipinski definition) is 0. The minimum absolute atomic E-state index is 0.301. The summed E-state index contributed by atoms with van der Waals surface area (Å²) in [4.78, 5) is 0. The zero-order chi connectivity index (χ0) is 17.3. The summed E-state index contributed by atoms with van der Waals surface area (Å²) in [6.07, 6.45) is 0. The Morgan fingerprint density at radius 1 is 1.00 bits per heavy atom. The Bertz CT molecular complexity index is 576. The highest BCUT2D eigenvalue weighted by molar-refractivity contribution is 7.62. The van der Waals surface area contributed by atoms with E-state index in [9.17, 15) is 4.57 Å². The van der Waals surface area contributed by atoms with E-state index in [-0.39, 0.29) is 0 Å². The highest BCUT2D eigenvalue weighted by Gasteiger charge is 2.53. The van der Waals surface area contributed by atoms with Gasteiger partial charge < -0.3 is 18.4 Å². The van der Waals surface area contributed by atoms with Crippen LogP contribution in [-0.2, 0) is 22.9 Å². The van der Waals surface area contributed by atoms with Crippen LogP contribution in [0.15, 0.2) is 24.3 Å². The molecule has 0 atom stereocenters. The van der Waals surface area contributed by atoms with Crippen molar-refractivity contribution in [2.45, 2.75) is 52.7 Å². The molecule has 1 aliphatic heterocycles. The molecule has 0 N–H and O–H groups in total. The van der Waals surface area contributed by atoms with Gasteiger partial charge in [-0.25, -0.2) is 0 Å². The first kappa shape index (κ1) is 18.7. The molecule has 1 aliphatic rings. The Kier molecular flexibility index (Phi) is 5.44. The van der Waals surface area contributed by atoms with Crippen molar-refractivity contribution in [1.29, 1.82) is 0 Å². The summed E-state index contributed by atoms with van der Waals surface area (Å²) in [6.45, 7) is 12.1. The molecular formula is C16H26BO5P. The molecule has 0 spiro atoms. The second kappa shape index (κ2) is 6.69. The Morgan fingerprint density at radius 3 is 1.96 bits per heavy atom. The van der Waals surface area contributed by atoms with Crippen molar-refractivity contribution in [1.82, 2.24) is 0 Å². The topological polar surface area (TPSA) is 54.0 Å². The third kappa shape index (κ3) is 3.57. The van der Waals surface area contributed by atoms with E-state index >= 15 is 0 Å². The van der Waals surface area contributed by atoms with Crippen molar-refractivity contribution in [3.8, 4) is 0 Å². The van der Waals surface area contributed by atoms with Gasteiger partial charge in [-0.1, -0.05) is 18.2 Å². The second-order valence-corrected chi connectivity index (χ2v) is 8.47. The summed E-state index contributed by atoms with van der Waals surface area (Å²) in [5.74, 6) is 0. The lowest BCUT2D eigenvalue weighted by molar-refractivity contribution is 0.00578. The largest absolute Gasteiger partial charge is 0.495 e. The maximum Gasteiger partial charge on any atom is 0.495 e.